The van der Waals surface area contributed by atoms with Crippen LogP contribution in [0.15, 0.2) is 67.3 Å². The molecule has 3 N–H and O–H groups in total. The van der Waals surface area contributed by atoms with Gasteiger partial charge in [-0.05, 0) is 61.7 Å². The number of nitrogens with zero attached hydrogens (tertiary/aromatic N) is 4. The SMILES string of the molecule is Cc1ccc(NC(=O)c2ccc(C(F)(F)F)cc2)cc1N(c1cc(NC2CC2)ncn1)c1ncc[nH]1. The molecule has 0 aliphatic heterocycles. The molecule has 2 aromatic carbocycles. The number of benzene rings is 2. The van der Waals surface area contributed by atoms with E-state index in [1.807, 2.05) is 24.0 Å². The molecular weight excluding hydrogens is 471 g/mol. The maximum absolute atomic E-state index is 12.8. The van der Waals surface area contributed by atoms with Crippen molar-refractivity contribution in [3.05, 3.63) is 83.9 Å². The molecule has 8 nitrogen and oxygen atoms in total. The molecular formula is C25H22F3N7O. The highest BCUT2D eigenvalue weighted by Gasteiger charge is 2.30. The second kappa shape index (κ2) is 9.33. The Balaban J connectivity index is 1.45. The lowest BCUT2D eigenvalue weighted by atomic mass is 10.1. The van der Waals surface area contributed by atoms with Gasteiger partial charge in [-0.3, -0.25) is 9.69 Å². The topological polar surface area (TPSA) is 98.8 Å². The summed E-state index contributed by atoms with van der Waals surface area (Å²) in [5, 5.41) is 6.11. The number of imidazole rings is 1. The van der Waals surface area contributed by atoms with Crippen LogP contribution in [0.25, 0.3) is 0 Å². The van der Waals surface area contributed by atoms with E-state index in [1.54, 1.807) is 24.5 Å². The van der Waals surface area contributed by atoms with Crippen LogP contribution in [0, 0.1) is 6.92 Å². The summed E-state index contributed by atoms with van der Waals surface area (Å²) in [6.07, 6.45) is 2.52. The maximum atomic E-state index is 12.8. The molecule has 1 aliphatic rings. The number of H-pyrrole nitrogens is 1. The van der Waals surface area contributed by atoms with Crippen molar-refractivity contribution in [1.82, 2.24) is 19.9 Å². The quantitative estimate of drug-likeness (QED) is 0.300. The zero-order chi connectivity index (χ0) is 25.3. The van der Waals surface area contributed by atoms with E-state index in [-0.39, 0.29) is 5.56 Å². The molecule has 2 aromatic heterocycles. The van der Waals surface area contributed by atoms with Gasteiger partial charge in [0.25, 0.3) is 5.91 Å². The van der Waals surface area contributed by atoms with E-state index in [2.05, 4.69) is 30.6 Å². The van der Waals surface area contributed by atoms with Crippen LogP contribution in [0.4, 0.5) is 42.1 Å². The van der Waals surface area contributed by atoms with Crippen LogP contribution in [-0.4, -0.2) is 31.9 Å². The molecule has 0 unspecified atom stereocenters. The monoisotopic (exact) mass is 493 g/mol. The van der Waals surface area contributed by atoms with Crippen LogP contribution in [0.2, 0.25) is 0 Å². The minimum atomic E-state index is -4.47. The normalized spacial score (nSPS) is 13.3. The lowest BCUT2D eigenvalue weighted by molar-refractivity contribution is -0.137. The fraction of sp³-hybridized carbons (Fsp3) is 0.200. The Kier molecular flexibility index (Phi) is 6.05. The fourth-order valence-electron chi connectivity index (χ4n) is 3.65. The molecule has 0 spiro atoms. The van der Waals surface area contributed by atoms with Crippen LogP contribution in [0.3, 0.4) is 0 Å². The van der Waals surface area contributed by atoms with Crippen molar-refractivity contribution in [3.8, 4) is 0 Å². The molecule has 5 rings (SSSR count). The number of hydrogen-bond donors (Lipinski definition) is 3. The summed E-state index contributed by atoms with van der Waals surface area (Å²) >= 11 is 0. The summed E-state index contributed by atoms with van der Waals surface area (Å²) < 4.78 is 38.5. The van der Waals surface area contributed by atoms with Crippen molar-refractivity contribution < 1.29 is 18.0 Å². The van der Waals surface area contributed by atoms with Gasteiger partial charge in [-0.1, -0.05) is 6.07 Å². The first-order valence-corrected chi connectivity index (χ1v) is 11.3. The van der Waals surface area contributed by atoms with Crippen molar-refractivity contribution in [2.75, 3.05) is 15.5 Å². The number of amides is 1. The van der Waals surface area contributed by atoms with E-state index in [1.165, 1.54) is 6.33 Å². The molecule has 0 radical (unpaired) electrons. The van der Waals surface area contributed by atoms with Gasteiger partial charge in [0.1, 0.15) is 18.0 Å². The molecule has 4 aromatic rings. The summed E-state index contributed by atoms with van der Waals surface area (Å²) in [7, 11) is 0. The minimum absolute atomic E-state index is 0.111. The summed E-state index contributed by atoms with van der Waals surface area (Å²) in [5.74, 6) is 1.25. The minimum Gasteiger partial charge on any atom is -0.367 e. The summed E-state index contributed by atoms with van der Waals surface area (Å²) in [4.78, 5) is 30.8. The highest BCUT2D eigenvalue weighted by Crippen LogP contribution is 2.36. The van der Waals surface area contributed by atoms with Gasteiger partial charge in [-0.25, -0.2) is 15.0 Å². The number of hydrogen-bond acceptors (Lipinski definition) is 6. The lowest BCUT2D eigenvalue weighted by Gasteiger charge is -2.24. The van der Waals surface area contributed by atoms with Gasteiger partial charge in [0, 0.05) is 35.8 Å². The zero-order valence-electron chi connectivity index (χ0n) is 19.2. The smallest absolute Gasteiger partial charge is 0.367 e. The van der Waals surface area contributed by atoms with Gasteiger partial charge in [0.15, 0.2) is 0 Å². The Morgan fingerprint density at radius 2 is 1.83 bits per heavy atom. The Morgan fingerprint density at radius 3 is 2.50 bits per heavy atom. The first kappa shape index (κ1) is 23.3. The maximum Gasteiger partial charge on any atom is 0.416 e. The highest BCUT2D eigenvalue weighted by atomic mass is 19.4. The molecule has 36 heavy (non-hydrogen) atoms. The van der Waals surface area contributed by atoms with Crippen molar-refractivity contribution in [3.63, 3.8) is 0 Å². The highest BCUT2D eigenvalue weighted by molar-refractivity contribution is 6.04. The van der Waals surface area contributed by atoms with Gasteiger partial charge >= 0.3 is 6.18 Å². The average Bonchev–Trinajstić information content (AvgIpc) is 3.50. The standard InChI is InChI=1S/C25H22F3N7O/c1-15-2-7-19(34-23(36)16-3-5-17(6-4-16)25(26,27)28)12-20(15)35(24-29-10-11-30-24)22-13-21(31-14-32-22)33-18-8-9-18/h2-7,10-14,18H,8-9H2,1H3,(H,29,30)(H,34,36)(H,31,32,33). The van der Waals surface area contributed by atoms with Gasteiger partial charge < -0.3 is 15.6 Å². The number of halogens is 3. The number of aromatic nitrogens is 4. The molecule has 0 bridgehead atoms. The zero-order valence-corrected chi connectivity index (χ0v) is 19.2. The van der Waals surface area contributed by atoms with E-state index in [0.717, 1.165) is 42.7 Å². The first-order valence-electron chi connectivity index (χ1n) is 11.3. The molecule has 2 heterocycles. The predicted molar refractivity (Wildman–Crippen MR) is 130 cm³/mol. The van der Waals surface area contributed by atoms with E-state index in [4.69, 9.17) is 0 Å². The molecule has 0 saturated heterocycles. The van der Waals surface area contributed by atoms with E-state index in [9.17, 15) is 18.0 Å². The predicted octanol–water partition coefficient (Wildman–Crippen LogP) is 5.82. The molecule has 1 fully saturated rings. The Hall–Kier alpha value is -4.41. The van der Waals surface area contributed by atoms with Crippen LogP contribution in [-0.2, 0) is 6.18 Å². The molecule has 184 valence electrons. The third-order valence-electron chi connectivity index (χ3n) is 5.69. The van der Waals surface area contributed by atoms with Crippen LogP contribution >= 0.6 is 0 Å². The van der Waals surface area contributed by atoms with Gasteiger partial charge in [0.2, 0.25) is 5.95 Å². The molecule has 0 atom stereocenters. The number of nitrogens with one attached hydrogen (secondary N) is 3. The summed E-state index contributed by atoms with van der Waals surface area (Å²) in [6.45, 7) is 1.91. The molecule has 1 saturated carbocycles. The van der Waals surface area contributed by atoms with E-state index < -0.39 is 17.6 Å². The van der Waals surface area contributed by atoms with Crippen molar-refractivity contribution in [2.24, 2.45) is 0 Å². The van der Waals surface area contributed by atoms with Crippen molar-refractivity contribution in [2.45, 2.75) is 32.0 Å². The Bertz CT molecular complexity index is 1370. The van der Waals surface area contributed by atoms with Gasteiger partial charge in [-0.2, -0.15) is 13.2 Å². The number of carbonyl (C=O) groups excluding carboxylic acids is 1. The largest absolute Gasteiger partial charge is 0.416 e. The van der Waals surface area contributed by atoms with Gasteiger partial charge in [0.05, 0.1) is 11.3 Å². The van der Waals surface area contributed by atoms with Crippen LogP contribution in [0.5, 0.6) is 0 Å². The Labute approximate surface area is 204 Å². The number of aryl methyl sites for hydroxylation is 1. The average molecular weight is 493 g/mol. The van der Waals surface area contributed by atoms with Gasteiger partial charge in [-0.15, -0.1) is 0 Å². The second-order valence-electron chi connectivity index (χ2n) is 8.46. The molecule has 1 aliphatic carbocycles. The number of rotatable bonds is 7. The van der Waals surface area contributed by atoms with E-state index >= 15 is 0 Å². The number of alkyl halides is 3. The summed E-state index contributed by atoms with van der Waals surface area (Å²) in [6, 6.07) is 11.6. The number of carbonyl (C=O) groups is 1. The number of aromatic amines is 1. The fourth-order valence-corrected chi connectivity index (χ4v) is 3.65. The summed E-state index contributed by atoms with van der Waals surface area (Å²) in [5.41, 5.74) is 1.34. The van der Waals surface area contributed by atoms with Crippen LogP contribution in [0.1, 0.15) is 34.3 Å². The first-order chi connectivity index (χ1) is 17.3. The lowest BCUT2D eigenvalue weighted by Crippen LogP contribution is -2.17. The second-order valence-corrected chi connectivity index (χ2v) is 8.46. The van der Waals surface area contributed by atoms with Crippen LogP contribution < -0.4 is 15.5 Å². The number of anilines is 5. The van der Waals surface area contributed by atoms with Crippen molar-refractivity contribution in [1.29, 1.82) is 0 Å². The third kappa shape index (κ3) is 5.14. The Morgan fingerprint density at radius 1 is 1.06 bits per heavy atom. The third-order valence-corrected chi connectivity index (χ3v) is 5.69. The molecule has 11 heteroatoms. The van der Waals surface area contributed by atoms with E-state index in [0.29, 0.717) is 35.0 Å². The molecule has 1 amide bonds. The van der Waals surface area contributed by atoms with Crippen molar-refractivity contribution >= 4 is 34.9 Å².